The first-order valence-corrected chi connectivity index (χ1v) is 9.53. The Hall–Kier alpha value is -2.77. The first-order chi connectivity index (χ1) is 12.9. The number of nitrogens with zero attached hydrogens (tertiary/aromatic N) is 5. The number of aromatic nitrogens is 5. The van der Waals surface area contributed by atoms with Gasteiger partial charge in [0.05, 0.1) is 34.9 Å². The van der Waals surface area contributed by atoms with Crippen LogP contribution in [-0.2, 0) is 19.6 Å². The lowest BCUT2D eigenvalue weighted by atomic mass is 10.1. The van der Waals surface area contributed by atoms with E-state index in [2.05, 4.69) is 42.7 Å². The Labute approximate surface area is 155 Å². The molecule has 26 heavy (non-hydrogen) atoms. The molecular weight excluding hydrogens is 344 g/mol. The quantitative estimate of drug-likeness (QED) is 0.606. The molecule has 0 saturated heterocycles. The first kappa shape index (κ1) is 15.5. The van der Waals surface area contributed by atoms with Crippen molar-refractivity contribution in [3.8, 4) is 22.8 Å². The standard InChI is InChI=1S/C19H18N6S/c1-2-4-14(5-3-1)18-17(26-13-22-18)12-24-8-7-21-19(24)16-10-15-11-20-6-9-25(15)23-16/h1-5,7-8,10,13,20H,6,9,11-12H2. The van der Waals surface area contributed by atoms with E-state index in [0.717, 1.165) is 49.0 Å². The number of rotatable bonds is 4. The van der Waals surface area contributed by atoms with Gasteiger partial charge in [-0.2, -0.15) is 5.10 Å². The van der Waals surface area contributed by atoms with E-state index in [-0.39, 0.29) is 0 Å². The Balaban J connectivity index is 1.48. The molecule has 0 bridgehead atoms. The third kappa shape index (κ3) is 2.75. The second kappa shape index (κ2) is 6.51. The lowest BCUT2D eigenvalue weighted by Crippen LogP contribution is -2.28. The van der Waals surface area contributed by atoms with Gasteiger partial charge in [-0.25, -0.2) is 9.97 Å². The summed E-state index contributed by atoms with van der Waals surface area (Å²) in [6.45, 7) is 3.47. The Morgan fingerprint density at radius 2 is 2.08 bits per heavy atom. The summed E-state index contributed by atoms with van der Waals surface area (Å²) in [5, 5.41) is 8.13. The van der Waals surface area contributed by atoms with Gasteiger partial charge in [-0.3, -0.25) is 4.68 Å². The van der Waals surface area contributed by atoms with Crippen molar-refractivity contribution in [1.29, 1.82) is 0 Å². The molecule has 1 N–H and O–H groups in total. The molecule has 4 aromatic rings. The minimum atomic E-state index is 0.741. The van der Waals surface area contributed by atoms with Gasteiger partial charge in [0.15, 0.2) is 5.82 Å². The van der Waals surface area contributed by atoms with Gasteiger partial charge < -0.3 is 9.88 Å². The predicted molar refractivity (Wildman–Crippen MR) is 102 cm³/mol. The molecule has 6 nitrogen and oxygen atoms in total. The van der Waals surface area contributed by atoms with Crippen LogP contribution in [0.25, 0.3) is 22.8 Å². The van der Waals surface area contributed by atoms with Crippen molar-refractivity contribution in [2.24, 2.45) is 0 Å². The molecule has 4 heterocycles. The van der Waals surface area contributed by atoms with Gasteiger partial charge in [-0.15, -0.1) is 11.3 Å². The SMILES string of the molecule is c1ccc(-c2ncsc2Cn2ccnc2-c2cc3n(n2)CCNC3)cc1. The third-order valence-electron chi connectivity index (χ3n) is 4.62. The van der Waals surface area contributed by atoms with Crippen LogP contribution in [0.2, 0.25) is 0 Å². The zero-order chi connectivity index (χ0) is 17.3. The van der Waals surface area contributed by atoms with Gasteiger partial charge in [0.2, 0.25) is 0 Å². The fourth-order valence-electron chi connectivity index (χ4n) is 3.34. The van der Waals surface area contributed by atoms with Crippen LogP contribution in [0.4, 0.5) is 0 Å². The smallest absolute Gasteiger partial charge is 0.160 e. The van der Waals surface area contributed by atoms with E-state index in [9.17, 15) is 0 Å². The molecule has 0 radical (unpaired) electrons. The van der Waals surface area contributed by atoms with Crippen LogP contribution in [0.1, 0.15) is 10.6 Å². The number of thiazole rings is 1. The Kier molecular flexibility index (Phi) is 3.88. The number of benzene rings is 1. The van der Waals surface area contributed by atoms with Gasteiger partial charge >= 0.3 is 0 Å². The molecule has 3 aromatic heterocycles. The van der Waals surface area contributed by atoms with E-state index in [0.29, 0.717) is 0 Å². The van der Waals surface area contributed by atoms with E-state index in [1.54, 1.807) is 11.3 Å². The molecule has 0 saturated carbocycles. The van der Waals surface area contributed by atoms with E-state index < -0.39 is 0 Å². The molecule has 0 spiro atoms. The molecule has 1 aromatic carbocycles. The van der Waals surface area contributed by atoms with Gasteiger partial charge in [0.1, 0.15) is 5.69 Å². The normalized spacial score (nSPS) is 13.7. The molecular formula is C19H18N6S. The van der Waals surface area contributed by atoms with Gasteiger partial charge in [0, 0.05) is 31.0 Å². The lowest BCUT2D eigenvalue weighted by Gasteiger charge is -2.13. The topological polar surface area (TPSA) is 60.6 Å². The Morgan fingerprint density at radius 1 is 1.15 bits per heavy atom. The zero-order valence-electron chi connectivity index (χ0n) is 14.2. The van der Waals surface area contributed by atoms with Gasteiger partial charge in [0.25, 0.3) is 0 Å². The summed E-state index contributed by atoms with van der Waals surface area (Å²) in [7, 11) is 0. The van der Waals surface area contributed by atoms with Gasteiger partial charge in [-0.1, -0.05) is 30.3 Å². The fraction of sp³-hybridized carbons (Fsp3) is 0.211. The van der Waals surface area contributed by atoms with Crippen LogP contribution >= 0.6 is 11.3 Å². The number of imidazole rings is 1. The van der Waals surface area contributed by atoms with Crippen molar-refractivity contribution in [2.45, 2.75) is 19.6 Å². The van der Waals surface area contributed by atoms with E-state index in [1.807, 2.05) is 36.1 Å². The van der Waals surface area contributed by atoms with Crippen molar-refractivity contribution < 1.29 is 0 Å². The minimum absolute atomic E-state index is 0.741. The van der Waals surface area contributed by atoms with Crippen molar-refractivity contribution >= 4 is 11.3 Å². The summed E-state index contributed by atoms with van der Waals surface area (Å²) >= 11 is 1.68. The summed E-state index contributed by atoms with van der Waals surface area (Å²) in [6.07, 6.45) is 3.86. The molecule has 0 aliphatic carbocycles. The maximum absolute atomic E-state index is 4.74. The highest BCUT2D eigenvalue weighted by atomic mass is 32.1. The summed E-state index contributed by atoms with van der Waals surface area (Å²) in [5.41, 5.74) is 6.25. The summed E-state index contributed by atoms with van der Waals surface area (Å²) < 4.78 is 4.23. The highest BCUT2D eigenvalue weighted by molar-refractivity contribution is 7.10. The fourth-order valence-corrected chi connectivity index (χ4v) is 4.12. The summed E-state index contributed by atoms with van der Waals surface area (Å²) in [4.78, 5) is 10.4. The molecule has 5 rings (SSSR count). The average Bonchev–Trinajstić information content (AvgIpc) is 3.41. The highest BCUT2D eigenvalue weighted by Crippen LogP contribution is 2.27. The summed E-state index contributed by atoms with van der Waals surface area (Å²) in [5.74, 6) is 0.902. The zero-order valence-corrected chi connectivity index (χ0v) is 15.0. The Morgan fingerprint density at radius 3 is 2.96 bits per heavy atom. The second-order valence-corrected chi connectivity index (χ2v) is 7.23. The van der Waals surface area contributed by atoms with Crippen LogP contribution < -0.4 is 5.32 Å². The molecule has 0 unspecified atom stereocenters. The van der Waals surface area contributed by atoms with E-state index >= 15 is 0 Å². The number of hydrogen-bond donors (Lipinski definition) is 1. The third-order valence-corrected chi connectivity index (χ3v) is 5.43. The van der Waals surface area contributed by atoms with Crippen molar-refractivity contribution in [2.75, 3.05) is 6.54 Å². The maximum atomic E-state index is 4.74. The number of fused-ring (bicyclic) bond motifs is 1. The van der Waals surface area contributed by atoms with Gasteiger partial charge in [-0.05, 0) is 6.07 Å². The minimum Gasteiger partial charge on any atom is -0.324 e. The molecule has 0 fully saturated rings. The van der Waals surface area contributed by atoms with Crippen molar-refractivity contribution in [3.63, 3.8) is 0 Å². The van der Waals surface area contributed by atoms with Crippen LogP contribution in [0.15, 0.2) is 54.3 Å². The monoisotopic (exact) mass is 362 g/mol. The Bertz CT molecular complexity index is 1010. The number of nitrogens with one attached hydrogen (secondary N) is 1. The lowest BCUT2D eigenvalue weighted by molar-refractivity contribution is 0.476. The van der Waals surface area contributed by atoms with Crippen LogP contribution in [0, 0.1) is 0 Å². The maximum Gasteiger partial charge on any atom is 0.160 e. The number of hydrogen-bond acceptors (Lipinski definition) is 5. The average molecular weight is 362 g/mol. The van der Waals surface area contributed by atoms with Crippen molar-refractivity contribution in [1.82, 2.24) is 29.6 Å². The van der Waals surface area contributed by atoms with Crippen LogP contribution in [0.5, 0.6) is 0 Å². The highest BCUT2D eigenvalue weighted by Gasteiger charge is 2.17. The molecule has 0 atom stereocenters. The predicted octanol–water partition coefficient (Wildman–Crippen LogP) is 3.02. The first-order valence-electron chi connectivity index (χ1n) is 8.65. The second-order valence-electron chi connectivity index (χ2n) is 6.29. The van der Waals surface area contributed by atoms with E-state index in [4.69, 9.17) is 5.10 Å². The van der Waals surface area contributed by atoms with Crippen LogP contribution in [0.3, 0.4) is 0 Å². The molecule has 1 aliphatic rings. The molecule has 7 heteroatoms. The molecule has 130 valence electrons. The largest absolute Gasteiger partial charge is 0.324 e. The molecule has 1 aliphatic heterocycles. The summed E-state index contributed by atoms with van der Waals surface area (Å²) in [6, 6.07) is 12.5. The van der Waals surface area contributed by atoms with Crippen molar-refractivity contribution in [3.05, 3.63) is 64.9 Å². The van der Waals surface area contributed by atoms with E-state index in [1.165, 1.54) is 10.6 Å². The van der Waals surface area contributed by atoms with Crippen LogP contribution in [-0.4, -0.2) is 30.9 Å². The molecule has 0 amide bonds.